The summed E-state index contributed by atoms with van der Waals surface area (Å²) in [5.74, 6) is -0.196. The molecule has 0 saturated heterocycles. The highest BCUT2D eigenvalue weighted by Crippen LogP contribution is 2.38. The molecule has 0 amide bonds. The van der Waals surface area contributed by atoms with Crippen molar-refractivity contribution in [1.82, 2.24) is 0 Å². The molecule has 1 nitrogen and oxygen atoms in total. The predicted octanol–water partition coefficient (Wildman–Crippen LogP) is 2.26. The van der Waals surface area contributed by atoms with E-state index >= 15 is 0 Å². The van der Waals surface area contributed by atoms with Crippen LogP contribution in [-0.4, -0.2) is 12.2 Å². The van der Waals surface area contributed by atoms with Crippen LogP contribution in [0.25, 0.3) is 0 Å². The molecule has 0 aromatic heterocycles. The van der Waals surface area contributed by atoms with E-state index in [1.165, 1.54) is 0 Å². The molecular weight excluding hydrogens is 150 g/mol. The molecule has 0 aromatic rings. The molecule has 1 unspecified atom stereocenters. The Morgan fingerprint density at radius 3 is 2.45 bits per heavy atom. The van der Waals surface area contributed by atoms with Crippen LogP contribution in [0.2, 0.25) is 0 Å². The van der Waals surface area contributed by atoms with Gasteiger partial charge in [-0.1, -0.05) is 6.92 Å². The molecule has 1 atom stereocenters. The summed E-state index contributed by atoms with van der Waals surface area (Å²) in [6.45, 7) is 1.87. The number of hydrogen-bond acceptors (Lipinski definition) is 1. The largest absolute Gasteiger partial charge is 0.295 e. The van der Waals surface area contributed by atoms with Crippen molar-refractivity contribution in [3.8, 4) is 0 Å². The molecule has 0 radical (unpaired) electrons. The van der Waals surface area contributed by atoms with Crippen LogP contribution in [0, 0.1) is 11.8 Å². The number of hydrogen-bond donors (Lipinski definition) is 0. The fourth-order valence-electron chi connectivity index (χ4n) is 1.24. The molecule has 3 heteroatoms. The van der Waals surface area contributed by atoms with Crippen molar-refractivity contribution in [2.45, 2.75) is 32.6 Å². The third-order valence-electron chi connectivity index (χ3n) is 2.19. The molecule has 0 N–H and O–H groups in total. The zero-order valence-corrected chi connectivity index (χ0v) is 6.52. The third kappa shape index (κ3) is 2.56. The topological polar surface area (TPSA) is 17.1 Å². The number of Topliss-reactive ketones (excluding diaryl/α,β-unsaturated/α-hetero) is 1. The minimum absolute atomic E-state index is 0.0579. The maximum atomic E-state index is 11.7. The Morgan fingerprint density at radius 1 is 1.55 bits per heavy atom. The minimum atomic E-state index is -2.77. The van der Waals surface area contributed by atoms with Crippen LogP contribution in [0.3, 0.4) is 0 Å². The summed E-state index contributed by atoms with van der Waals surface area (Å²) >= 11 is 0. The number of ketones is 1. The van der Waals surface area contributed by atoms with Gasteiger partial charge in [0.25, 0.3) is 6.43 Å². The van der Waals surface area contributed by atoms with Crippen molar-refractivity contribution < 1.29 is 13.6 Å². The molecule has 1 saturated carbocycles. The van der Waals surface area contributed by atoms with Gasteiger partial charge in [0.1, 0.15) is 0 Å². The van der Waals surface area contributed by atoms with Crippen LogP contribution in [0.4, 0.5) is 8.78 Å². The van der Waals surface area contributed by atoms with Crippen LogP contribution < -0.4 is 0 Å². The Labute approximate surface area is 64.8 Å². The molecular formula is C8H12F2O. The lowest BCUT2D eigenvalue weighted by Crippen LogP contribution is -2.14. The lowest BCUT2D eigenvalue weighted by atomic mass is 10.00. The van der Waals surface area contributed by atoms with Gasteiger partial charge in [-0.15, -0.1) is 0 Å². The molecule has 1 fully saturated rings. The molecule has 0 heterocycles. The molecule has 1 aliphatic rings. The van der Waals surface area contributed by atoms with Gasteiger partial charge in [-0.3, -0.25) is 4.79 Å². The Balaban J connectivity index is 2.23. The Morgan fingerprint density at radius 2 is 2.09 bits per heavy atom. The molecule has 0 bridgehead atoms. The van der Waals surface area contributed by atoms with Gasteiger partial charge in [0.15, 0.2) is 5.78 Å². The summed E-state index contributed by atoms with van der Waals surface area (Å²) in [4.78, 5) is 10.5. The van der Waals surface area contributed by atoms with E-state index in [1.807, 2.05) is 6.92 Å². The first-order valence-electron chi connectivity index (χ1n) is 3.92. The monoisotopic (exact) mass is 162 g/mol. The fourth-order valence-corrected chi connectivity index (χ4v) is 1.24. The lowest BCUT2D eigenvalue weighted by molar-refractivity contribution is -0.130. The van der Waals surface area contributed by atoms with Crippen LogP contribution in [0.1, 0.15) is 26.2 Å². The van der Waals surface area contributed by atoms with E-state index in [2.05, 4.69) is 0 Å². The molecule has 64 valence electrons. The third-order valence-corrected chi connectivity index (χ3v) is 2.19. The zero-order chi connectivity index (χ0) is 8.43. The van der Waals surface area contributed by atoms with Gasteiger partial charge in [0, 0.05) is 6.42 Å². The van der Waals surface area contributed by atoms with Crippen LogP contribution in [0.15, 0.2) is 0 Å². The highest BCUT2D eigenvalue weighted by molar-refractivity contribution is 5.81. The van der Waals surface area contributed by atoms with Crippen molar-refractivity contribution >= 4 is 5.78 Å². The van der Waals surface area contributed by atoms with Gasteiger partial charge in [0.2, 0.25) is 0 Å². The van der Waals surface area contributed by atoms with Gasteiger partial charge < -0.3 is 0 Å². The normalized spacial score (nSPS) is 20.4. The van der Waals surface area contributed by atoms with E-state index in [0.717, 1.165) is 12.8 Å². The van der Waals surface area contributed by atoms with Gasteiger partial charge in [0.05, 0.1) is 0 Å². The molecule has 1 rings (SSSR count). The standard InChI is InChI=1S/C8H12F2O/c1-5(6-2-3-6)4-7(11)8(9)10/h5-6,8H,2-4H2,1H3. The first kappa shape index (κ1) is 8.62. The average Bonchev–Trinajstić information content (AvgIpc) is 2.67. The minimum Gasteiger partial charge on any atom is -0.293 e. The van der Waals surface area contributed by atoms with E-state index in [-0.39, 0.29) is 12.3 Å². The molecule has 1 aliphatic carbocycles. The quantitative estimate of drug-likeness (QED) is 0.619. The van der Waals surface area contributed by atoms with Crippen LogP contribution >= 0.6 is 0 Å². The van der Waals surface area contributed by atoms with Gasteiger partial charge >= 0.3 is 0 Å². The lowest BCUT2D eigenvalue weighted by Gasteiger charge is -2.06. The Kier molecular flexibility index (Phi) is 2.58. The fraction of sp³-hybridized carbons (Fsp3) is 0.875. The second-order valence-electron chi connectivity index (χ2n) is 3.29. The molecule has 11 heavy (non-hydrogen) atoms. The first-order chi connectivity index (χ1) is 5.11. The number of halogens is 2. The van der Waals surface area contributed by atoms with Crippen molar-refractivity contribution in [2.75, 3.05) is 0 Å². The number of carbonyl (C=O) groups excluding carboxylic acids is 1. The summed E-state index contributed by atoms with van der Waals surface area (Å²) in [5, 5.41) is 0. The van der Waals surface area contributed by atoms with Crippen molar-refractivity contribution in [3.05, 3.63) is 0 Å². The summed E-state index contributed by atoms with van der Waals surface area (Å²) in [5.41, 5.74) is 0. The maximum Gasteiger partial charge on any atom is 0.295 e. The van der Waals surface area contributed by atoms with E-state index in [9.17, 15) is 13.6 Å². The SMILES string of the molecule is CC(CC(=O)C(F)F)C1CC1. The van der Waals surface area contributed by atoms with Gasteiger partial charge in [-0.2, -0.15) is 0 Å². The molecule has 0 aliphatic heterocycles. The maximum absolute atomic E-state index is 11.7. The Bertz CT molecular complexity index is 152. The van der Waals surface area contributed by atoms with E-state index < -0.39 is 12.2 Å². The summed E-state index contributed by atoms with van der Waals surface area (Å²) in [6.07, 6.45) is -0.492. The van der Waals surface area contributed by atoms with Crippen LogP contribution in [-0.2, 0) is 4.79 Å². The van der Waals surface area contributed by atoms with E-state index in [0.29, 0.717) is 5.92 Å². The van der Waals surface area contributed by atoms with Gasteiger partial charge in [-0.05, 0) is 24.7 Å². The van der Waals surface area contributed by atoms with Crippen molar-refractivity contribution in [3.63, 3.8) is 0 Å². The van der Waals surface area contributed by atoms with Gasteiger partial charge in [-0.25, -0.2) is 8.78 Å². The average molecular weight is 162 g/mol. The smallest absolute Gasteiger partial charge is 0.293 e. The van der Waals surface area contributed by atoms with Crippen molar-refractivity contribution in [2.24, 2.45) is 11.8 Å². The summed E-state index contributed by atoms with van der Waals surface area (Å²) in [6, 6.07) is 0. The molecule has 0 aromatic carbocycles. The summed E-state index contributed by atoms with van der Waals surface area (Å²) < 4.78 is 23.4. The number of rotatable bonds is 4. The number of alkyl halides is 2. The highest BCUT2D eigenvalue weighted by atomic mass is 19.3. The number of carbonyl (C=O) groups is 1. The first-order valence-corrected chi connectivity index (χ1v) is 3.92. The van der Waals surface area contributed by atoms with Crippen molar-refractivity contribution in [1.29, 1.82) is 0 Å². The zero-order valence-electron chi connectivity index (χ0n) is 6.52. The second-order valence-corrected chi connectivity index (χ2v) is 3.29. The predicted molar refractivity (Wildman–Crippen MR) is 37.5 cm³/mol. The second kappa shape index (κ2) is 3.28. The van der Waals surface area contributed by atoms with Crippen LogP contribution in [0.5, 0.6) is 0 Å². The highest BCUT2D eigenvalue weighted by Gasteiger charge is 2.30. The summed E-state index contributed by atoms with van der Waals surface area (Å²) in [7, 11) is 0. The Hall–Kier alpha value is -0.470. The molecule has 0 spiro atoms. The van der Waals surface area contributed by atoms with E-state index in [1.54, 1.807) is 0 Å². The van der Waals surface area contributed by atoms with E-state index in [4.69, 9.17) is 0 Å².